The van der Waals surface area contributed by atoms with Crippen molar-refractivity contribution >= 4 is 16.6 Å². The van der Waals surface area contributed by atoms with Crippen LogP contribution in [0.1, 0.15) is 53.4 Å². The molecular weight excluding hydrogens is 316 g/mol. The Hall–Kier alpha value is 0.354. The third kappa shape index (κ3) is 13.3. The Morgan fingerprint density at radius 2 is 0.957 bits per heavy atom. The van der Waals surface area contributed by atoms with Crippen molar-refractivity contribution in [3.05, 3.63) is 0 Å². The van der Waals surface area contributed by atoms with E-state index in [4.69, 9.17) is 8.85 Å². The van der Waals surface area contributed by atoms with Crippen LogP contribution in [-0.4, -0.2) is 29.8 Å². The predicted molar refractivity (Wildman–Crippen MR) is 109 cm³/mol. The van der Waals surface area contributed by atoms with Crippen LogP contribution in [0.25, 0.3) is 0 Å². The second kappa shape index (κ2) is 9.74. The van der Waals surface area contributed by atoms with E-state index in [1.165, 1.54) is 25.7 Å². The van der Waals surface area contributed by atoms with Crippen LogP contribution in [0.4, 0.5) is 0 Å². The summed E-state index contributed by atoms with van der Waals surface area (Å²) in [7, 11) is -3.00. The molecule has 0 bridgehead atoms. The van der Waals surface area contributed by atoms with Gasteiger partial charge in [-0.15, -0.1) is 0 Å². The zero-order chi connectivity index (χ0) is 18.3. The lowest BCUT2D eigenvalue weighted by molar-refractivity contribution is 0.0460. The molecule has 0 aliphatic carbocycles. The van der Waals surface area contributed by atoms with Gasteiger partial charge >= 0.3 is 0 Å². The van der Waals surface area contributed by atoms with Gasteiger partial charge in [-0.1, -0.05) is 40.5 Å². The zero-order valence-electron chi connectivity index (χ0n) is 17.7. The van der Waals surface area contributed by atoms with E-state index in [9.17, 15) is 0 Å². The summed E-state index contributed by atoms with van der Waals surface area (Å²) >= 11 is 0. The highest BCUT2D eigenvalue weighted by Gasteiger charge is 2.34. The van der Waals surface area contributed by atoms with Gasteiger partial charge in [0.15, 0.2) is 16.6 Å². The lowest BCUT2D eigenvalue weighted by Crippen LogP contribution is -2.41. The maximum absolute atomic E-state index is 6.40. The van der Waals surface area contributed by atoms with E-state index < -0.39 is 16.6 Å². The minimum atomic E-state index is -1.50. The molecule has 0 saturated heterocycles. The third-order valence-corrected chi connectivity index (χ3v) is 6.15. The summed E-state index contributed by atoms with van der Waals surface area (Å²) in [6.45, 7) is 24.8. The Bertz CT molecular complexity index is 282. The van der Waals surface area contributed by atoms with E-state index in [-0.39, 0.29) is 5.41 Å². The molecular formula is C19H44O2Si2. The molecule has 0 aliphatic rings. The van der Waals surface area contributed by atoms with Gasteiger partial charge in [0.2, 0.25) is 0 Å². The summed E-state index contributed by atoms with van der Waals surface area (Å²) in [6, 6.07) is 0. The molecule has 0 aromatic carbocycles. The highest BCUT2D eigenvalue weighted by molar-refractivity contribution is 6.70. The van der Waals surface area contributed by atoms with Crippen LogP contribution < -0.4 is 0 Å². The van der Waals surface area contributed by atoms with E-state index in [1.54, 1.807) is 0 Å². The molecule has 0 heterocycles. The Kier molecular flexibility index (Phi) is 9.89. The van der Waals surface area contributed by atoms with Crippen LogP contribution in [0.5, 0.6) is 0 Å². The molecule has 0 atom stereocenters. The van der Waals surface area contributed by atoms with Gasteiger partial charge in [0.1, 0.15) is 0 Å². The summed E-state index contributed by atoms with van der Waals surface area (Å²) in [5.74, 6) is 1.49. The zero-order valence-corrected chi connectivity index (χ0v) is 19.7. The van der Waals surface area contributed by atoms with Crippen LogP contribution in [0, 0.1) is 17.3 Å². The number of hydrogen-bond acceptors (Lipinski definition) is 2. The number of hydrogen-bond donors (Lipinski definition) is 0. The van der Waals surface area contributed by atoms with E-state index in [0.29, 0.717) is 0 Å². The molecule has 23 heavy (non-hydrogen) atoms. The van der Waals surface area contributed by atoms with E-state index in [0.717, 1.165) is 25.0 Å². The van der Waals surface area contributed by atoms with E-state index >= 15 is 0 Å². The first kappa shape index (κ1) is 23.4. The van der Waals surface area contributed by atoms with Crippen LogP contribution in [0.3, 0.4) is 0 Å². The van der Waals surface area contributed by atoms with Gasteiger partial charge in [-0.3, -0.25) is 0 Å². The fourth-order valence-corrected chi connectivity index (χ4v) is 3.86. The fraction of sp³-hybridized carbons (Fsp3) is 1.00. The maximum atomic E-state index is 6.40. The van der Waals surface area contributed by atoms with Gasteiger partial charge < -0.3 is 8.85 Å². The lowest BCUT2D eigenvalue weighted by Gasteiger charge is -2.39. The molecule has 0 aliphatic heterocycles. The van der Waals surface area contributed by atoms with Crippen LogP contribution in [0.2, 0.25) is 39.3 Å². The second-order valence-electron chi connectivity index (χ2n) is 10.2. The first-order chi connectivity index (χ1) is 10.2. The van der Waals surface area contributed by atoms with Crippen molar-refractivity contribution in [3.8, 4) is 0 Å². The SMILES string of the molecule is CC(C)CCC(CCC(C)C)(CO[Si](C)(C)C)CO[Si](C)(C)C. The van der Waals surface area contributed by atoms with E-state index in [1.807, 2.05) is 0 Å². The van der Waals surface area contributed by atoms with Gasteiger partial charge in [0.05, 0.1) is 0 Å². The smallest absolute Gasteiger partial charge is 0.183 e. The average molecular weight is 361 g/mol. The monoisotopic (exact) mass is 360 g/mol. The molecule has 0 fully saturated rings. The molecule has 0 spiro atoms. The molecule has 0 N–H and O–H groups in total. The van der Waals surface area contributed by atoms with Crippen molar-refractivity contribution in [2.45, 2.75) is 92.7 Å². The van der Waals surface area contributed by atoms with Crippen LogP contribution in [-0.2, 0) is 8.85 Å². The van der Waals surface area contributed by atoms with Crippen molar-refractivity contribution in [3.63, 3.8) is 0 Å². The van der Waals surface area contributed by atoms with Gasteiger partial charge in [-0.25, -0.2) is 0 Å². The summed E-state index contributed by atoms with van der Waals surface area (Å²) < 4.78 is 12.8. The largest absolute Gasteiger partial charge is 0.417 e. The second-order valence-corrected chi connectivity index (χ2v) is 19.2. The highest BCUT2D eigenvalue weighted by atomic mass is 28.4. The van der Waals surface area contributed by atoms with Gasteiger partial charge in [-0.05, 0) is 64.0 Å². The summed E-state index contributed by atoms with van der Waals surface area (Å²) in [6.07, 6.45) is 4.99. The third-order valence-electron chi connectivity index (χ3n) is 4.13. The molecule has 0 radical (unpaired) electrons. The van der Waals surface area contributed by atoms with Crippen molar-refractivity contribution < 1.29 is 8.85 Å². The molecule has 4 heteroatoms. The first-order valence-corrected chi connectivity index (χ1v) is 16.3. The molecule has 2 nitrogen and oxygen atoms in total. The molecule has 0 unspecified atom stereocenters. The first-order valence-electron chi connectivity index (χ1n) is 9.53. The fourth-order valence-electron chi connectivity index (χ4n) is 2.38. The molecule has 0 aromatic rings. The van der Waals surface area contributed by atoms with Gasteiger partial charge in [0.25, 0.3) is 0 Å². The number of rotatable bonds is 12. The van der Waals surface area contributed by atoms with Crippen molar-refractivity contribution in [2.75, 3.05) is 13.2 Å². The van der Waals surface area contributed by atoms with Gasteiger partial charge in [0, 0.05) is 18.6 Å². The van der Waals surface area contributed by atoms with Crippen LogP contribution in [0.15, 0.2) is 0 Å². The van der Waals surface area contributed by atoms with E-state index in [2.05, 4.69) is 67.0 Å². The van der Waals surface area contributed by atoms with Crippen molar-refractivity contribution in [1.29, 1.82) is 0 Å². The molecule has 0 aromatic heterocycles. The average Bonchev–Trinajstić information content (AvgIpc) is 2.34. The van der Waals surface area contributed by atoms with Gasteiger partial charge in [-0.2, -0.15) is 0 Å². The Morgan fingerprint density at radius 3 is 1.17 bits per heavy atom. The molecule has 0 rings (SSSR count). The Morgan fingerprint density at radius 1 is 0.652 bits per heavy atom. The topological polar surface area (TPSA) is 18.5 Å². The summed E-state index contributed by atoms with van der Waals surface area (Å²) in [5, 5.41) is 0. The standard InChI is InChI=1S/C19H44O2Si2/c1-17(2)11-13-19(14-12-18(3)4,15-20-22(5,6)7)16-21-23(8,9)10/h17-18H,11-16H2,1-10H3. The van der Waals surface area contributed by atoms with Crippen molar-refractivity contribution in [2.24, 2.45) is 17.3 Å². The quantitative estimate of drug-likeness (QED) is 0.367. The molecule has 0 amide bonds. The predicted octanol–water partition coefficient (Wildman–Crippen LogP) is 6.55. The highest BCUT2D eigenvalue weighted by Crippen LogP contribution is 2.35. The summed E-state index contributed by atoms with van der Waals surface area (Å²) in [5.41, 5.74) is 0.203. The Labute approximate surface area is 149 Å². The molecule has 0 saturated carbocycles. The maximum Gasteiger partial charge on any atom is 0.183 e. The minimum absolute atomic E-state index is 0.203. The van der Waals surface area contributed by atoms with Crippen LogP contribution >= 0.6 is 0 Å². The van der Waals surface area contributed by atoms with Crippen molar-refractivity contribution in [1.82, 2.24) is 0 Å². The summed E-state index contributed by atoms with van der Waals surface area (Å²) in [4.78, 5) is 0. The lowest BCUT2D eigenvalue weighted by atomic mass is 9.77. The minimum Gasteiger partial charge on any atom is -0.417 e. The normalized spacial score (nSPS) is 14.1. The Balaban J connectivity index is 5.14. The molecule has 140 valence electrons.